The zero-order valence-electron chi connectivity index (χ0n) is 10.8. The lowest BCUT2D eigenvalue weighted by atomic mass is 10.1. The van der Waals surface area contributed by atoms with E-state index in [9.17, 15) is 0 Å². The molecule has 5 heteroatoms. The fraction of sp³-hybridized carbons (Fsp3) is 0.538. The van der Waals surface area contributed by atoms with Crippen LogP contribution in [-0.2, 0) is 9.47 Å². The van der Waals surface area contributed by atoms with Gasteiger partial charge in [0.15, 0.2) is 0 Å². The summed E-state index contributed by atoms with van der Waals surface area (Å²) in [6.07, 6.45) is 0. The lowest BCUT2D eigenvalue weighted by molar-refractivity contribution is 0.0544. The molecule has 0 unspecified atom stereocenters. The zero-order chi connectivity index (χ0) is 13.4. The molecule has 1 atom stereocenters. The largest absolute Gasteiger partial charge is 0.490 e. The first-order chi connectivity index (χ1) is 8.65. The molecule has 2 N–H and O–H groups in total. The zero-order valence-corrected chi connectivity index (χ0v) is 11.6. The van der Waals surface area contributed by atoms with Gasteiger partial charge in [0, 0.05) is 13.2 Å². The predicted molar refractivity (Wildman–Crippen MR) is 72.2 cm³/mol. The summed E-state index contributed by atoms with van der Waals surface area (Å²) in [5, 5.41) is 0.571. The molecule has 0 amide bonds. The first-order valence-corrected chi connectivity index (χ1v) is 6.27. The van der Waals surface area contributed by atoms with E-state index in [0.717, 1.165) is 5.56 Å². The standard InChI is InChI=1S/C13H20ClNO3/c1-10(15)11-3-4-13(12(14)9-11)18-8-7-17-6-5-16-2/h3-4,9-10H,5-8,15H2,1-2H3/t10-/m1/s1. The quantitative estimate of drug-likeness (QED) is 0.739. The van der Waals surface area contributed by atoms with Gasteiger partial charge in [0.05, 0.1) is 24.8 Å². The minimum Gasteiger partial charge on any atom is -0.490 e. The fourth-order valence-electron chi connectivity index (χ4n) is 1.37. The normalized spacial score (nSPS) is 12.4. The van der Waals surface area contributed by atoms with Gasteiger partial charge in [-0.1, -0.05) is 17.7 Å². The van der Waals surface area contributed by atoms with Gasteiger partial charge in [-0.15, -0.1) is 0 Å². The first kappa shape index (κ1) is 15.2. The van der Waals surface area contributed by atoms with E-state index < -0.39 is 0 Å². The highest BCUT2D eigenvalue weighted by Crippen LogP contribution is 2.27. The molecule has 1 aromatic rings. The second-order valence-electron chi connectivity index (χ2n) is 3.93. The SMILES string of the molecule is COCCOCCOc1ccc([C@@H](C)N)cc1Cl. The van der Waals surface area contributed by atoms with E-state index in [4.69, 9.17) is 31.5 Å². The molecule has 0 spiro atoms. The molecule has 0 radical (unpaired) electrons. The van der Waals surface area contributed by atoms with Gasteiger partial charge in [0.25, 0.3) is 0 Å². The van der Waals surface area contributed by atoms with Crippen LogP contribution in [0.3, 0.4) is 0 Å². The minimum absolute atomic E-state index is 0.0334. The molecule has 0 aliphatic carbocycles. The number of halogens is 1. The molecular formula is C13H20ClNO3. The third-order valence-corrected chi connectivity index (χ3v) is 2.69. The number of nitrogens with two attached hydrogens (primary N) is 1. The maximum Gasteiger partial charge on any atom is 0.138 e. The van der Waals surface area contributed by atoms with E-state index in [-0.39, 0.29) is 6.04 Å². The van der Waals surface area contributed by atoms with Gasteiger partial charge in [0.1, 0.15) is 12.4 Å². The summed E-state index contributed by atoms with van der Waals surface area (Å²) in [5.41, 5.74) is 6.76. The van der Waals surface area contributed by atoms with E-state index in [1.807, 2.05) is 25.1 Å². The highest BCUT2D eigenvalue weighted by molar-refractivity contribution is 6.32. The molecule has 0 heterocycles. The smallest absolute Gasteiger partial charge is 0.138 e. The first-order valence-electron chi connectivity index (χ1n) is 5.89. The van der Waals surface area contributed by atoms with Crippen molar-refractivity contribution in [3.63, 3.8) is 0 Å². The van der Waals surface area contributed by atoms with Crippen LogP contribution in [0.4, 0.5) is 0 Å². The third-order valence-electron chi connectivity index (χ3n) is 2.40. The molecule has 1 rings (SSSR count). The number of hydrogen-bond acceptors (Lipinski definition) is 4. The van der Waals surface area contributed by atoms with Crippen LogP contribution in [0.5, 0.6) is 5.75 Å². The van der Waals surface area contributed by atoms with Crippen LogP contribution in [-0.4, -0.2) is 33.5 Å². The van der Waals surface area contributed by atoms with Crippen molar-refractivity contribution in [2.75, 3.05) is 33.5 Å². The van der Waals surface area contributed by atoms with E-state index in [2.05, 4.69) is 0 Å². The Morgan fingerprint density at radius 1 is 1.22 bits per heavy atom. The molecule has 0 fully saturated rings. The molecular weight excluding hydrogens is 254 g/mol. The average Bonchev–Trinajstić information content (AvgIpc) is 2.35. The van der Waals surface area contributed by atoms with Crippen molar-refractivity contribution < 1.29 is 14.2 Å². The Bertz CT molecular complexity index is 358. The lowest BCUT2D eigenvalue weighted by Gasteiger charge is -2.11. The monoisotopic (exact) mass is 273 g/mol. The Morgan fingerprint density at radius 3 is 2.56 bits per heavy atom. The van der Waals surface area contributed by atoms with Crippen LogP contribution in [0.2, 0.25) is 5.02 Å². The molecule has 0 saturated carbocycles. The average molecular weight is 274 g/mol. The maximum atomic E-state index is 6.09. The number of rotatable bonds is 8. The van der Waals surface area contributed by atoms with Crippen molar-refractivity contribution in [2.24, 2.45) is 5.73 Å². The van der Waals surface area contributed by atoms with Crippen LogP contribution in [0.25, 0.3) is 0 Å². The number of benzene rings is 1. The van der Waals surface area contributed by atoms with Gasteiger partial charge < -0.3 is 19.9 Å². The summed E-state index contributed by atoms with van der Waals surface area (Å²) >= 11 is 6.09. The second kappa shape index (κ2) is 8.32. The lowest BCUT2D eigenvalue weighted by Crippen LogP contribution is -2.10. The van der Waals surface area contributed by atoms with Crippen molar-refractivity contribution in [3.8, 4) is 5.75 Å². The van der Waals surface area contributed by atoms with Gasteiger partial charge in [-0.3, -0.25) is 0 Å². The van der Waals surface area contributed by atoms with Crippen LogP contribution in [0.15, 0.2) is 18.2 Å². The second-order valence-corrected chi connectivity index (χ2v) is 4.34. The van der Waals surface area contributed by atoms with Gasteiger partial charge in [-0.2, -0.15) is 0 Å². The van der Waals surface area contributed by atoms with E-state index >= 15 is 0 Å². The van der Waals surface area contributed by atoms with Gasteiger partial charge in [0.2, 0.25) is 0 Å². The van der Waals surface area contributed by atoms with E-state index in [0.29, 0.717) is 37.2 Å². The molecule has 0 aromatic heterocycles. The Morgan fingerprint density at radius 2 is 1.94 bits per heavy atom. The molecule has 0 aliphatic heterocycles. The number of ether oxygens (including phenoxy) is 3. The highest BCUT2D eigenvalue weighted by atomic mass is 35.5. The molecule has 1 aromatic carbocycles. The van der Waals surface area contributed by atoms with Gasteiger partial charge >= 0.3 is 0 Å². The van der Waals surface area contributed by atoms with Crippen molar-refractivity contribution in [1.82, 2.24) is 0 Å². The molecule has 0 bridgehead atoms. The van der Waals surface area contributed by atoms with Crippen molar-refractivity contribution in [2.45, 2.75) is 13.0 Å². The number of hydrogen-bond donors (Lipinski definition) is 1. The van der Waals surface area contributed by atoms with Crippen molar-refractivity contribution in [1.29, 1.82) is 0 Å². The molecule has 0 aliphatic rings. The van der Waals surface area contributed by atoms with Gasteiger partial charge in [-0.05, 0) is 24.6 Å². The van der Waals surface area contributed by atoms with Gasteiger partial charge in [-0.25, -0.2) is 0 Å². The Balaban J connectivity index is 2.34. The van der Waals surface area contributed by atoms with Crippen molar-refractivity contribution in [3.05, 3.63) is 28.8 Å². The third kappa shape index (κ3) is 5.23. The topological polar surface area (TPSA) is 53.7 Å². The van der Waals surface area contributed by atoms with Crippen LogP contribution in [0, 0.1) is 0 Å². The minimum atomic E-state index is -0.0334. The Labute approximate surface area is 113 Å². The number of methoxy groups -OCH3 is 1. The molecule has 102 valence electrons. The van der Waals surface area contributed by atoms with E-state index in [1.54, 1.807) is 7.11 Å². The predicted octanol–water partition coefficient (Wildman–Crippen LogP) is 2.40. The summed E-state index contributed by atoms with van der Waals surface area (Å²) in [6.45, 7) is 4.03. The van der Waals surface area contributed by atoms with Crippen LogP contribution < -0.4 is 10.5 Å². The Hall–Kier alpha value is -0.810. The summed E-state index contributed by atoms with van der Waals surface area (Å²) in [7, 11) is 1.64. The molecule has 0 saturated heterocycles. The summed E-state index contributed by atoms with van der Waals surface area (Å²) in [6, 6.07) is 5.54. The Kier molecular flexibility index (Phi) is 7.05. The van der Waals surface area contributed by atoms with Crippen LogP contribution >= 0.6 is 11.6 Å². The molecule has 4 nitrogen and oxygen atoms in total. The summed E-state index contributed by atoms with van der Waals surface area (Å²) in [5.74, 6) is 0.649. The van der Waals surface area contributed by atoms with E-state index in [1.165, 1.54) is 0 Å². The summed E-state index contributed by atoms with van der Waals surface area (Å²) < 4.78 is 15.7. The fourth-order valence-corrected chi connectivity index (χ4v) is 1.62. The summed E-state index contributed by atoms with van der Waals surface area (Å²) in [4.78, 5) is 0. The van der Waals surface area contributed by atoms with Crippen LogP contribution in [0.1, 0.15) is 18.5 Å². The molecule has 18 heavy (non-hydrogen) atoms. The van der Waals surface area contributed by atoms with Crippen molar-refractivity contribution >= 4 is 11.6 Å². The maximum absolute atomic E-state index is 6.09. The highest BCUT2D eigenvalue weighted by Gasteiger charge is 2.05.